The first-order valence-corrected chi connectivity index (χ1v) is 12.7. The van der Waals surface area contributed by atoms with Crippen LogP contribution in [0.15, 0.2) is 46.2 Å². The number of benzene rings is 2. The maximum atomic E-state index is 12.7. The average Bonchev–Trinajstić information content (AvgIpc) is 3.13. The third kappa shape index (κ3) is 5.02. The Morgan fingerprint density at radius 1 is 1.24 bits per heavy atom. The number of nitrogens with zero attached hydrogens (tertiary/aromatic N) is 4. The van der Waals surface area contributed by atoms with Crippen LogP contribution in [0.4, 0.5) is 5.69 Å². The smallest absolute Gasteiger partial charge is 0.345 e. The molecule has 0 atom stereocenters. The molecule has 0 aliphatic carbocycles. The van der Waals surface area contributed by atoms with E-state index in [1.807, 2.05) is 11.5 Å². The standard InChI is InChI=1S/C21H24N4O6S2/c1-5-10-24-19-9-7-15(33(29,30)23(2)3)12-17(19)22-20(24)13-31-21(26)16-11-14(32-4)6-8-18(16)25(27)28/h6-9,11-12H,5,10,13H2,1-4H3. The summed E-state index contributed by atoms with van der Waals surface area (Å²) in [5.41, 5.74) is 0.687. The summed E-state index contributed by atoms with van der Waals surface area (Å²) < 4.78 is 33.3. The molecular weight excluding hydrogens is 468 g/mol. The summed E-state index contributed by atoms with van der Waals surface area (Å²) in [6.45, 7) is 2.33. The lowest BCUT2D eigenvalue weighted by Gasteiger charge is -2.11. The number of carbonyl (C=O) groups excluding carboxylic acids is 1. The first kappa shape index (κ1) is 24.7. The molecule has 0 spiro atoms. The Morgan fingerprint density at radius 2 is 1.97 bits per heavy atom. The van der Waals surface area contributed by atoms with Gasteiger partial charge < -0.3 is 9.30 Å². The van der Waals surface area contributed by atoms with Crippen molar-refractivity contribution >= 4 is 44.5 Å². The highest BCUT2D eigenvalue weighted by Gasteiger charge is 2.24. The van der Waals surface area contributed by atoms with E-state index in [2.05, 4.69) is 4.98 Å². The maximum Gasteiger partial charge on any atom is 0.345 e. The van der Waals surface area contributed by atoms with Crippen LogP contribution in [0.1, 0.15) is 29.5 Å². The van der Waals surface area contributed by atoms with Gasteiger partial charge in [-0.3, -0.25) is 10.1 Å². The van der Waals surface area contributed by atoms with Crippen LogP contribution in [-0.4, -0.2) is 53.5 Å². The summed E-state index contributed by atoms with van der Waals surface area (Å²) in [5, 5.41) is 11.3. The lowest BCUT2D eigenvalue weighted by Crippen LogP contribution is -2.22. The Hall–Kier alpha value is -2.96. The highest BCUT2D eigenvalue weighted by atomic mass is 32.2. The van der Waals surface area contributed by atoms with Gasteiger partial charge in [-0.2, -0.15) is 0 Å². The SMILES string of the molecule is CCCn1c(COC(=O)c2cc(SC)ccc2[N+](=O)[O-])nc2cc(S(=O)(=O)N(C)C)ccc21. The molecule has 0 saturated carbocycles. The number of hydrogen-bond donors (Lipinski definition) is 0. The summed E-state index contributed by atoms with van der Waals surface area (Å²) in [5.74, 6) is -0.410. The molecule has 0 N–H and O–H groups in total. The third-order valence-corrected chi connectivity index (χ3v) is 7.51. The number of fused-ring (bicyclic) bond motifs is 1. The van der Waals surface area contributed by atoms with E-state index >= 15 is 0 Å². The van der Waals surface area contributed by atoms with Gasteiger partial charge in [0.25, 0.3) is 5.69 Å². The fraction of sp³-hybridized carbons (Fsp3) is 0.333. The molecule has 33 heavy (non-hydrogen) atoms. The molecule has 0 bridgehead atoms. The zero-order valence-electron chi connectivity index (χ0n) is 18.6. The van der Waals surface area contributed by atoms with E-state index < -0.39 is 20.9 Å². The van der Waals surface area contributed by atoms with Crippen LogP contribution >= 0.6 is 11.8 Å². The predicted molar refractivity (Wildman–Crippen MR) is 125 cm³/mol. The Morgan fingerprint density at radius 3 is 2.58 bits per heavy atom. The van der Waals surface area contributed by atoms with Crippen LogP contribution in [0.25, 0.3) is 11.0 Å². The first-order valence-electron chi connectivity index (χ1n) is 10.0. The largest absolute Gasteiger partial charge is 0.454 e. The third-order valence-electron chi connectivity index (χ3n) is 4.98. The monoisotopic (exact) mass is 492 g/mol. The molecule has 10 nitrogen and oxygen atoms in total. The minimum Gasteiger partial charge on any atom is -0.454 e. The second-order valence-electron chi connectivity index (χ2n) is 7.33. The number of carbonyl (C=O) groups is 1. The number of imidazole rings is 1. The predicted octanol–water partition coefficient (Wildman–Crippen LogP) is 3.68. The van der Waals surface area contributed by atoms with Crippen molar-refractivity contribution in [2.45, 2.75) is 36.3 Å². The number of nitro groups is 1. The summed E-state index contributed by atoms with van der Waals surface area (Å²) in [4.78, 5) is 28.7. The van der Waals surface area contributed by atoms with Crippen molar-refractivity contribution in [2.75, 3.05) is 20.4 Å². The topological polar surface area (TPSA) is 125 Å². The summed E-state index contributed by atoms with van der Waals surface area (Å²) >= 11 is 1.35. The molecule has 0 aliphatic heterocycles. The van der Waals surface area contributed by atoms with Gasteiger partial charge in [-0.15, -0.1) is 11.8 Å². The van der Waals surface area contributed by atoms with E-state index in [9.17, 15) is 23.3 Å². The molecule has 3 rings (SSSR count). The lowest BCUT2D eigenvalue weighted by molar-refractivity contribution is -0.385. The molecule has 2 aromatic carbocycles. The van der Waals surface area contributed by atoms with Crippen LogP contribution in [0.2, 0.25) is 0 Å². The van der Waals surface area contributed by atoms with Gasteiger partial charge in [-0.25, -0.2) is 22.5 Å². The van der Waals surface area contributed by atoms with E-state index in [0.717, 1.165) is 10.7 Å². The van der Waals surface area contributed by atoms with Gasteiger partial charge in [0, 0.05) is 31.6 Å². The van der Waals surface area contributed by atoms with Crippen molar-refractivity contribution in [1.82, 2.24) is 13.9 Å². The quantitative estimate of drug-likeness (QED) is 0.192. The van der Waals surface area contributed by atoms with Crippen molar-refractivity contribution in [2.24, 2.45) is 0 Å². The number of nitro benzene ring substituents is 1. The second-order valence-corrected chi connectivity index (χ2v) is 10.4. The zero-order chi connectivity index (χ0) is 24.3. The van der Waals surface area contributed by atoms with Gasteiger partial charge in [-0.1, -0.05) is 6.92 Å². The Bertz CT molecular complexity index is 1320. The summed E-state index contributed by atoms with van der Waals surface area (Å²) in [6, 6.07) is 8.94. The number of ether oxygens (including phenoxy) is 1. The first-order chi connectivity index (χ1) is 15.6. The molecule has 0 unspecified atom stereocenters. The maximum absolute atomic E-state index is 12.7. The van der Waals surface area contributed by atoms with Crippen LogP contribution in [0.5, 0.6) is 0 Å². The molecule has 1 heterocycles. The van der Waals surface area contributed by atoms with Crippen LogP contribution in [0.3, 0.4) is 0 Å². The molecule has 12 heteroatoms. The molecule has 0 aliphatic rings. The number of thioether (sulfide) groups is 1. The fourth-order valence-corrected chi connectivity index (χ4v) is 4.65. The van der Waals surface area contributed by atoms with Crippen LogP contribution in [0, 0.1) is 10.1 Å². The molecular formula is C21H24N4O6S2. The highest BCUT2D eigenvalue weighted by Crippen LogP contribution is 2.27. The molecule has 176 valence electrons. The minimum atomic E-state index is -3.63. The minimum absolute atomic E-state index is 0.106. The number of rotatable bonds is 9. The van der Waals surface area contributed by atoms with Crippen LogP contribution < -0.4 is 0 Å². The Labute approximate surface area is 195 Å². The fourth-order valence-electron chi connectivity index (χ4n) is 3.29. The normalized spacial score (nSPS) is 11.8. The Balaban J connectivity index is 1.95. The molecule has 0 amide bonds. The molecule has 0 radical (unpaired) electrons. The van der Waals surface area contributed by atoms with Crippen molar-refractivity contribution in [3.8, 4) is 0 Å². The summed E-state index contributed by atoms with van der Waals surface area (Å²) in [7, 11) is -0.733. The molecule has 0 fully saturated rings. The Kier molecular flexibility index (Phi) is 7.40. The zero-order valence-corrected chi connectivity index (χ0v) is 20.3. The molecule has 0 saturated heterocycles. The number of sulfonamides is 1. The number of aromatic nitrogens is 2. The highest BCUT2D eigenvalue weighted by molar-refractivity contribution is 7.98. The van der Waals surface area contributed by atoms with Gasteiger partial charge >= 0.3 is 5.97 Å². The van der Waals surface area contributed by atoms with Crippen LogP contribution in [-0.2, 0) is 27.9 Å². The molecule has 1 aromatic heterocycles. The number of aryl methyl sites for hydroxylation is 1. The van der Waals surface area contributed by atoms with E-state index in [-0.39, 0.29) is 22.8 Å². The van der Waals surface area contributed by atoms with E-state index in [4.69, 9.17) is 4.74 Å². The van der Waals surface area contributed by atoms with Gasteiger partial charge in [-0.05, 0) is 43.0 Å². The van der Waals surface area contributed by atoms with Crippen molar-refractivity contribution in [3.05, 3.63) is 57.9 Å². The van der Waals surface area contributed by atoms with Crippen molar-refractivity contribution < 1.29 is 22.9 Å². The van der Waals surface area contributed by atoms with Gasteiger partial charge in [0.1, 0.15) is 18.0 Å². The van der Waals surface area contributed by atoms with E-state index in [1.165, 1.54) is 50.1 Å². The number of esters is 1. The van der Waals surface area contributed by atoms with Crippen molar-refractivity contribution in [1.29, 1.82) is 0 Å². The second kappa shape index (κ2) is 9.89. The van der Waals surface area contributed by atoms with E-state index in [1.54, 1.807) is 18.4 Å². The average molecular weight is 493 g/mol. The lowest BCUT2D eigenvalue weighted by atomic mass is 10.2. The van der Waals surface area contributed by atoms with Gasteiger partial charge in [0.05, 0.1) is 20.9 Å². The van der Waals surface area contributed by atoms with Gasteiger partial charge in [0.2, 0.25) is 10.0 Å². The van der Waals surface area contributed by atoms with E-state index in [0.29, 0.717) is 28.3 Å². The number of hydrogen-bond acceptors (Lipinski definition) is 8. The van der Waals surface area contributed by atoms with Gasteiger partial charge in [0.15, 0.2) is 0 Å². The molecule has 3 aromatic rings. The summed E-state index contributed by atoms with van der Waals surface area (Å²) in [6.07, 6.45) is 2.57. The van der Waals surface area contributed by atoms with Crippen molar-refractivity contribution in [3.63, 3.8) is 0 Å².